The van der Waals surface area contributed by atoms with Crippen LogP contribution in [0.25, 0.3) is 0 Å². The van der Waals surface area contributed by atoms with Gasteiger partial charge in [-0.25, -0.2) is 9.97 Å². The Morgan fingerprint density at radius 2 is 1.92 bits per heavy atom. The molecule has 0 amide bonds. The van der Waals surface area contributed by atoms with Crippen LogP contribution in [0, 0.1) is 0 Å². The summed E-state index contributed by atoms with van der Waals surface area (Å²) in [6.07, 6.45) is 1.24. The fourth-order valence-electron chi connectivity index (χ4n) is 0.895. The van der Waals surface area contributed by atoms with E-state index in [9.17, 15) is 0 Å². The number of rotatable bonds is 2. The molecule has 0 spiro atoms. The first-order chi connectivity index (χ1) is 5.99. The second-order valence-electron chi connectivity index (χ2n) is 2.91. The molecule has 0 aliphatic carbocycles. The van der Waals surface area contributed by atoms with E-state index in [1.807, 2.05) is 0 Å². The first-order valence-electron chi connectivity index (χ1n) is 3.55. The second-order valence-corrected chi connectivity index (χ2v) is 3.62. The monoisotopic (exact) mass is 221 g/mol. The van der Waals surface area contributed by atoms with Crippen molar-refractivity contribution in [3.05, 3.63) is 22.2 Å². The van der Waals surface area contributed by atoms with Gasteiger partial charge in [-0.1, -0.05) is 23.2 Å². The van der Waals surface area contributed by atoms with Crippen LogP contribution < -0.4 is 5.73 Å². The Balaban J connectivity index is 3.28. The summed E-state index contributed by atoms with van der Waals surface area (Å²) < 4.78 is 0. The van der Waals surface area contributed by atoms with E-state index in [0.29, 0.717) is 5.56 Å². The van der Waals surface area contributed by atoms with E-state index < -0.39 is 5.54 Å². The third-order valence-corrected chi connectivity index (χ3v) is 2.23. The fraction of sp³-hybridized carbons (Fsp3) is 0.429. The zero-order valence-electron chi connectivity index (χ0n) is 6.96. The quantitative estimate of drug-likeness (QED) is 0.730. The molecule has 72 valence electrons. The molecule has 1 aromatic heterocycles. The van der Waals surface area contributed by atoms with Gasteiger partial charge in [-0.15, -0.1) is 0 Å². The van der Waals surface area contributed by atoms with Crippen LogP contribution in [-0.2, 0) is 5.54 Å². The van der Waals surface area contributed by atoms with Crippen molar-refractivity contribution in [1.82, 2.24) is 9.97 Å². The lowest BCUT2D eigenvalue weighted by molar-refractivity contribution is 0.209. The number of hydrogen-bond acceptors (Lipinski definition) is 4. The average molecular weight is 222 g/mol. The van der Waals surface area contributed by atoms with Crippen LogP contribution in [0.15, 0.2) is 6.33 Å². The zero-order valence-corrected chi connectivity index (χ0v) is 8.47. The molecule has 0 saturated heterocycles. The van der Waals surface area contributed by atoms with Crippen LogP contribution in [0.3, 0.4) is 0 Å². The number of nitrogens with zero attached hydrogens (tertiary/aromatic N) is 2. The van der Waals surface area contributed by atoms with Gasteiger partial charge in [0.05, 0.1) is 12.1 Å². The molecular weight excluding hydrogens is 213 g/mol. The van der Waals surface area contributed by atoms with Crippen LogP contribution in [0.2, 0.25) is 10.3 Å². The van der Waals surface area contributed by atoms with Crippen LogP contribution in [0.4, 0.5) is 0 Å². The fourth-order valence-corrected chi connectivity index (χ4v) is 1.64. The molecule has 4 nitrogen and oxygen atoms in total. The van der Waals surface area contributed by atoms with Gasteiger partial charge >= 0.3 is 0 Å². The molecule has 0 radical (unpaired) electrons. The minimum Gasteiger partial charge on any atom is -0.394 e. The van der Waals surface area contributed by atoms with Gasteiger partial charge in [-0.3, -0.25) is 0 Å². The van der Waals surface area contributed by atoms with Crippen molar-refractivity contribution in [3.63, 3.8) is 0 Å². The summed E-state index contributed by atoms with van der Waals surface area (Å²) in [7, 11) is 0. The Hall–Kier alpha value is -0.420. The lowest BCUT2D eigenvalue weighted by Gasteiger charge is -2.23. The molecule has 3 N–H and O–H groups in total. The molecular formula is C7H9Cl2N3O. The predicted molar refractivity (Wildman–Crippen MR) is 50.7 cm³/mol. The molecule has 1 aromatic rings. The highest BCUT2D eigenvalue weighted by Gasteiger charge is 2.27. The maximum Gasteiger partial charge on any atom is 0.139 e. The highest BCUT2D eigenvalue weighted by atomic mass is 35.5. The Bertz CT molecular complexity index is 296. The predicted octanol–water partition coefficient (Wildman–Crippen LogP) is 0.950. The van der Waals surface area contributed by atoms with Crippen LogP contribution in [0.1, 0.15) is 12.5 Å². The average Bonchev–Trinajstić information content (AvgIpc) is 2.03. The molecule has 0 saturated carbocycles. The minimum atomic E-state index is -1.02. The van der Waals surface area contributed by atoms with Crippen molar-refractivity contribution >= 4 is 23.2 Å². The topological polar surface area (TPSA) is 72.0 Å². The van der Waals surface area contributed by atoms with E-state index in [1.54, 1.807) is 6.92 Å². The maximum atomic E-state index is 9.00. The molecule has 0 aromatic carbocycles. The van der Waals surface area contributed by atoms with Crippen LogP contribution in [-0.4, -0.2) is 21.7 Å². The molecule has 0 aliphatic rings. The number of halogens is 2. The number of aliphatic hydroxyl groups is 1. The Labute approximate surface area is 85.7 Å². The third kappa shape index (κ3) is 2.08. The summed E-state index contributed by atoms with van der Waals surface area (Å²) in [6, 6.07) is 0. The summed E-state index contributed by atoms with van der Waals surface area (Å²) in [5.74, 6) is 0. The molecule has 13 heavy (non-hydrogen) atoms. The van der Waals surface area contributed by atoms with Gasteiger partial charge in [0.2, 0.25) is 0 Å². The summed E-state index contributed by atoms with van der Waals surface area (Å²) in [5, 5.41) is 9.33. The van der Waals surface area contributed by atoms with Crippen LogP contribution in [0.5, 0.6) is 0 Å². The molecule has 1 rings (SSSR count). The van der Waals surface area contributed by atoms with E-state index in [-0.39, 0.29) is 16.9 Å². The van der Waals surface area contributed by atoms with E-state index in [1.165, 1.54) is 6.33 Å². The Morgan fingerprint density at radius 3 is 2.31 bits per heavy atom. The summed E-state index contributed by atoms with van der Waals surface area (Å²) in [6.45, 7) is 1.32. The van der Waals surface area contributed by atoms with E-state index in [0.717, 1.165) is 0 Å². The normalized spacial score (nSPS) is 15.5. The molecule has 0 fully saturated rings. The summed E-state index contributed by atoms with van der Waals surface area (Å²) in [5.41, 5.74) is 5.08. The number of hydrogen-bond donors (Lipinski definition) is 2. The van der Waals surface area contributed by atoms with Gasteiger partial charge in [-0.2, -0.15) is 0 Å². The van der Waals surface area contributed by atoms with Crippen molar-refractivity contribution in [3.8, 4) is 0 Å². The minimum absolute atomic E-state index is 0.166. The molecule has 6 heteroatoms. The first-order valence-corrected chi connectivity index (χ1v) is 4.31. The van der Waals surface area contributed by atoms with E-state index in [2.05, 4.69) is 9.97 Å². The second kappa shape index (κ2) is 3.75. The van der Waals surface area contributed by atoms with E-state index in [4.69, 9.17) is 34.0 Å². The molecule has 0 aliphatic heterocycles. The van der Waals surface area contributed by atoms with Gasteiger partial charge in [0.1, 0.15) is 16.6 Å². The number of nitrogens with two attached hydrogens (primary N) is 1. The number of aromatic nitrogens is 2. The van der Waals surface area contributed by atoms with Crippen LogP contribution >= 0.6 is 23.2 Å². The summed E-state index contributed by atoms with van der Waals surface area (Å²) in [4.78, 5) is 7.47. The lowest BCUT2D eigenvalue weighted by atomic mass is 9.97. The van der Waals surface area contributed by atoms with E-state index >= 15 is 0 Å². The van der Waals surface area contributed by atoms with Gasteiger partial charge in [0, 0.05) is 5.56 Å². The van der Waals surface area contributed by atoms with Crippen molar-refractivity contribution in [2.45, 2.75) is 12.5 Å². The molecule has 1 heterocycles. The Kier molecular flexibility index (Phi) is 3.08. The first kappa shape index (κ1) is 10.7. The van der Waals surface area contributed by atoms with Gasteiger partial charge in [0.25, 0.3) is 0 Å². The van der Waals surface area contributed by atoms with Gasteiger partial charge in [0.15, 0.2) is 0 Å². The standard InChI is InChI=1S/C7H9Cl2N3O/c1-7(10,2-13)4-5(8)11-3-12-6(4)9/h3,13H,2,10H2,1H3. The summed E-state index contributed by atoms with van der Waals surface area (Å²) >= 11 is 11.5. The van der Waals surface area contributed by atoms with Crippen molar-refractivity contribution in [1.29, 1.82) is 0 Å². The van der Waals surface area contributed by atoms with Gasteiger partial charge in [-0.05, 0) is 6.92 Å². The SMILES string of the molecule is CC(N)(CO)c1c(Cl)ncnc1Cl. The molecule has 1 atom stereocenters. The van der Waals surface area contributed by atoms with Crippen molar-refractivity contribution < 1.29 is 5.11 Å². The smallest absolute Gasteiger partial charge is 0.139 e. The maximum absolute atomic E-state index is 9.00. The largest absolute Gasteiger partial charge is 0.394 e. The Morgan fingerprint density at radius 1 is 1.46 bits per heavy atom. The highest BCUT2D eigenvalue weighted by Crippen LogP contribution is 2.28. The molecule has 0 bridgehead atoms. The third-order valence-electron chi connectivity index (χ3n) is 1.65. The number of aliphatic hydroxyl groups excluding tert-OH is 1. The highest BCUT2D eigenvalue weighted by molar-refractivity contribution is 6.34. The van der Waals surface area contributed by atoms with Crippen molar-refractivity contribution in [2.24, 2.45) is 5.73 Å². The van der Waals surface area contributed by atoms with Gasteiger partial charge < -0.3 is 10.8 Å². The van der Waals surface area contributed by atoms with Crippen molar-refractivity contribution in [2.75, 3.05) is 6.61 Å². The zero-order chi connectivity index (χ0) is 10.1. The molecule has 1 unspecified atom stereocenters. The lowest BCUT2D eigenvalue weighted by Crippen LogP contribution is -2.38.